The Labute approximate surface area is 158 Å². The van der Waals surface area contributed by atoms with E-state index in [9.17, 15) is 14.4 Å². The van der Waals surface area contributed by atoms with E-state index in [0.29, 0.717) is 12.2 Å². The van der Waals surface area contributed by atoms with Crippen LogP contribution < -0.4 is 10.9 Å². The number of carbonyl (C=O) groups excluding carboxylic acids is 2. The minimum Gasteiger partial charge on any atom is -0.465 e. The number of amides is 1. The van der Waals surface area contributed by atoms with Crippen LogP contribution in [-0.2, 0) is 11.3 Å². The number of fused-ring (bicyclic) bond motifs is 1. The standard InChI is InChI=1S/C18H19N3O5S/c1-9(2)7-21-8-19-16-13(17(21)23)12(10(3)26-16)15(22)20-11-5-6-27-14(11)18(24)25-4/h5-6,8-9H,7H2,1-4H3,(H,20,22). The van der Waals surface area contributed by atoms with Crippen molar-refractivity contribution in [2.45, 2.75) is 27.3 Å². The number of hydrogen-bond donors (Lipinski definition) is 1. The fraction of sp³-hybridized carbons (Fsp3) is 0.333. The van der Waals surface area contributed by atoms with Crippen molar-refractivity contribution in [3.8, 4) is 0 Å². The first kappa shape index (κ1) is 18.8. The number of nitrogens with zero attached hydrogens (tertiary/aromatic N) is 2. The van der Waals surface area contributed by atoms with Gasteiger partial charge >= 0.3 is 5.97 Å². The predicted octanol–water partition coefficient (Wildman–Crippen LogP) is 3.05. The minimum absolute atomic E-state index is 0.112. The summed E-state index contributed by atoms with van der Waals surface area (Å²) in [6.07, 6.45) is 1.42. The van der Waals surface area contributed by atoms with Gasteiger partial charge < -0.3 is 14.5 Å². The number of carbonyl (C=O) groups is 2. The number of aryl methyl sites for hydroxylation is 1. The SMILES string of the molecule is COC(=O)c1sccc1NC(=O)c1c(C)oc2ncn(CC(C)C)c(=O)c12. The quantitative estimate of drug-likeness (QED) is 0.673. The van der Waals surface area contributed by atoms with Crippen molar-refractivity contribution in [1.29, 1.82) is 0 Å². The number of ether oxygens (including phenoxy) is 1. The van der Waals surface area contributed by atoms with E-state index in [0.717, 1.165) is 11.3 Å². The maximum absolute atomic E-state index is 12.9. The van der Waals surface area contributed by atoms with E-state index in [1.165, 1.54) is 18.0 Å². The first-order valence-corrected chi connectivity index (χ1v) is 9.17. The fourth-order valence-electron chi connectivity index (χ4n) is 2.78. The lowest BCUT2D eigenvalue weighted by Gasteiger charge is -2.08. The normalized spacial score (nSPS) is 11.1. The molecule has 3 heterocycles. The molecule has 0 bridgehead atoms. The van der Waals surface area contributed by atoms with Gasteiger partial charge in [-0.2, -0.15) is 0 Å². The van der Waals surface area contributed by atoms with Gasteiger partial charge in [-0.25, -0.2) is 9.78 Å². The van der Waals surface area contributed by atoms with Gasteiger partial charge in [-0.05, 0) is 24.3 Å². The van der Waals surface area contributed by atoms with Crippen LogP contribution in [0.3, 0.4) is 0 Å². The summed E-state index contributed by atoms with van der Waals surface area (Å²) in [6.45, 7) is 6.04. The van der Waals surface area contributed by atoms with Crippen LogP contribution in [0.4, 0.5) is 5.69 Å². The fourth-order valence-corrected chi connectivity index (χ4v) is 3.54. The molecular formula is C18H19N3O5S. The van der Waals surface area contributed by atoms with Crippen LogP contribution in [0.1, 0.15) is 39.6 Å². The number of nitrogens with one attached hydrogen (secondary N) is 1. The van der Waals surface area contributed by atoms with Crippen molar-refractivity contribution >= 4 is 40.0 Å². The Morgan fingerprint density at radius 1 is 1.41 bits per heavy atom. The lowest BCUT2D eigenvalue weighted by molar-refractivity contribution is 0.0607. The van der Waals surface area contributed by atoms with Crippen molar-refractivity contribution in [3.05, 3.63) is 44.3 Å². The molecule has 9 heteroatoms. The van der Waals surface area contributed by atoms with Gasteiger partial charge in [0.25, 0.3) is 11.5 Å². The van der Waals surface area contributed by atoms with Crippen LogP contribution in [0.25, 0.3) is 11.1 Å². The predicted molar refractivity (Wildman–Crippen MR) is 101 cm³/mol. The summed E-state index contributed by atoms with van der Waals surface area (Å²) in [5.41, 5.74) is 0.204. The molecule has 0 atom stereocenters. The lowest BCUT2D eigenvalue weighted by Crippen LogP contribution is -2.24. The average molecular weight is 389 g/mol. The topological polar surface area (TPSA) is 103 Å². The number of anilines is 1. The second kappa shape index (κ2) is 7.36. The second-order valence-electron chi connectivity index (χ2n) is 6.42. The first-order valence-electron chi connectivity index (χ1n) is 8.29. The molecule has 27 heavy (non-hydrogen) atoms. The molecule has 3 aromatic heterocycles. The lowest BCUT2D eigenvalue weighted by atomic mass is 10.1. The highest BCUT2D eigenvalue weighted by Crippen LogP contribution is 2.26. The summed E-state index contributed by atoms with van der Waals surface area (Å²) in [5.74, 6) is -0.573. The monoisotopic (exact) mass is 389 g/mol. The smallest absolute Gasteiger partial charge is 0.350 e. The summed E-state index contributed by atoms with van der Waals surface area (Å²) in [6, 6.07) is 1.60. The summed E-state index contributed by atoms with van der Waals surface area (Å²) < 4.78 is 11.7. The largest absolute Gasteiger partial charge is 0.465 e. The van der Waals surface area contributed by atoms with E-state index in [1.807, 2.05) is 13.8 Å². The maximum Gasteiger partial charge on any atom is 0.350 e. The molecule has 8 nitrogen and oxygen atoms in total. The Balaban J connectivity index is 2.05. The van der Waals surface area contributed by atoms with Crippen LogP contribution in [-0.4, -0.2) is 28.5 Å². The van der Waals surface area contributed by atoms with E-state index in [1.54, 1.807) is 18.4 Å². The molecule has 3 aromatic rings. The van der Waals surface area contributed by atoms with E-state index in [2.05, 4.69) is 10.3 Å². The van der Waals surface area contributed by atoms with Crippen molar-refractivity contribution in [1.82, 2.24) is 9.55 Å². The molecule has 3 rings (SSSR count). The van der Waals surface area contributed by atoms with Gasteiger partial charge in [-0.3, -0.25) is 14.2 Å². The molecule has 0 aliphatic rings. The number of furan rings is 1. The molecule has 0 aromatic carbocycles. The zero-order valence-electron chi connectivity index (χ0n) is 15.4. The third-order valence-corrected chi connectivity index (χ3v) is 4.82. The van der Waals surface area contributed by atoms with E-state index >= 15 is 0 Å². The van der Waals surface area contributed by atoms with Gasteiger partial charge in [0.1, 0.15) is 22.4 Å². The van der Waals surface area contributed by atoms with Crippen molar-refractivity contribution in [2.24, 2.45) is 5.92 Å². The van der Waals surface area contributed by atoms with Gasteiger partial charge in [-0.15, -0.1) is 11.3 Å². The summed E-state index contributed by atoms with van der Waals surface area (Å²) in [7, 11) is 1.27. The summed E-state index contributed by atoms with van der Waals surface area (Å²) in [4.78, 5) is 41.9. The minimum atomic E-state index is -0.546. The molecule has 0 radical (unpaired) electrons. The van der Waals surface area contributed by atoms with Crippen LogP contribution in [0, 0.1) is 12.8 Å². The molecule has 1 N–H and O–H groups in total. The molecule has 0 saturated carbocycles. The Kier molecular flexibility index (Phi) is 5.13. The van der Waals surface area contributed by atoms with Gasteiger partial charge in [0.15, 0.2) is 0 Å². The second-order valence-corrected chi connectivity index (χ2v) is 7.33. The third-order valence-electron chi connectivity index (χ3n) is 3.93. The molecule has 0 saturated heterocycles. The molecule has 142 valence electrons. The van der Waals surface area contributed by atoms with Gasteiger partial charge in [0.2, 0.25) is 5.71 Å². The molecule has 0 aliphatic carbocycles. The van der Waals surface area contributed by atoms with Gasteiger partial charge in [0, 0.05) is 6.54 Å². The highest BCUT2D eigenvalue weighted by molar-refractivity contribution is 7.12. The van der Waals surface area contributed by atoms with E-state index in [-0.39, 0.29) is 38.8 Å². The number of rotatable bonds is 5. The highest BCUT2D eigenvalue weighted by atomic mass is 32.1. The Morgan fingerprint density at radius 2 is 2.15 bits per heavy atom. The summed E-state index contributed by atoms with van der Waals surface area (Å²) >= 11 is 1.15. The number of esters is 1. The van der Waals surface area contributed by atoms with E-state index < -0.39 is 11.9 Å². The number of methoxy groups -OCH3 is 1. The Bertz CT molecular complexity index is 1080. The molecule has 0 fully saturated rings. The number of hydrogen-bond acceptors (Lipinski definition) is 7. The zero-order valence-corrected chi connectivity index (χ0v) is 16.2. The number of aromatic nitrogens is 2. The van der Waals surface area contributed by atoms with Gasteiger partial charge in [-0.1, -0.05) is 13.8 Å². The molecule has 1 amide bonds. The van der Waals surface area contributed by atoms with Gasteiger partial charge in [0.05, 0.1) is 18.4 Å². The van der Waals surface area contributed by atoms with E-state index in [4.69, 9.17) is 9.15 Å². The molecule has 0 spiro atoms. The highest BCUT2D eigenvalue weighted by Gasteiger charge is 2.25. The molecule has 0 aliphatic heterocycles. The van der Waals surface area contributed by atoms with Crippen LogP contribution >= 0.6 is 11.3 Å². The van der Waals surface area contributed by atoms with Crippen LogP contribution in [0.15, 0.2) is 27.0 Å². The molecular weight excluding hydrogens is 370 g/mol. The zero-order chi connectivity index (χ0) is 19.7. The van der Waals surface area contributed by atoms with Crippen molar-refractivity contribution < 1.29 is 18.7 Å². The summed E-state index contributed by atoms with van der Waals surface area (Å²) in [5, 5.41) is 4.46. The number of thiophene rings is 1. The van der Waals surface area contributed by atoms with Crippen LogP contribution in [0.2, 0.25) is 0 Å². The molecule has 0 unspecified atom stereocenters. The van der Waals surface area contributed by atoms with Crippen molar-refractivity contribution in [3.63, 3.8) is 0 Å². The van der Waals surface area contributed by atoms with Crippen LogP contribution in [0.5, 0.6) is 0 Å². The Morgan fingerprint density at radius 3 is 2.81 bits per heavy atom. The third kappa shape index (κ3) is 3.50. The first-order chi connectivity index (χ1) is 12.8. The average Bonchev–Trinajstić information content (AvgIpc) is 3.20. The Hall–Kier alpha value is -2.94. The maximum atomic E-state index is 12.9. The van der Waals surface area contributed by atoms with Crippen molar-refractivity contribution in [2.75, 3.05) is 12.4 Å².